The first-order valence-corrected chi connectivity index (χ1v) is 9.10. The minimum absolute atomic E-state index is 0.301. The Balaban J connectivity index is 2.10. The maximum absolute atomic E-state index is 12.3. The highest BCUT2D eigenvalue weighted by molar-refractivity contribution is 6.30. The van der Waals surface area contributed by atoms with Crippen LogP contribution in [0.25, 0.3) is 0 Å². The van der Waals surface area contributed by atoms with Crippen molar-refractivity contribution in [1.29, 1.82) is 0 Å². The fourth-order valence-electron chi connectivity index (χ4n) is 2.73. The molecule has 25 heavy (non-hydrogen) atoms. The number of carbonyl (C=O) groups excluding carboxylic acids is 1. The van der Waals surface area contributed by atoms with Gasteiger partial charge in [-0.3, -0.25) is 0 Å². The van der Waals surface area contributed by atoms with Crippen molar-refractivity contribution in [2.45, 2.75) is 45.6 Å². The normalized spacial score (nSPS) is 11.2. The van der Waals surface area contributed by atoms with Crippen LogP contribution in [0.2, 0.25) is 5.02 Å². The van der Waals surface area contributed by atoms with Crippen molar-refractivity contribution in [1.82, 2.24) is 0 Å². The summed E-state index contributed by atoms with van der Waals surface area (Å²) in [6, 6.07) is 15.7. The highest BCUT2D eigenvalue weighted by Crippen LogP contribution is 2.27. The first-order chi connectivity index (χ1) is 12.0. The number of esters is 1. The Hall–Kier alpha value is -2.00. The Labute approximate surface area is 154 Å². The predicted molar refractivity (Wildman–Crippen MR) is 101 cm³/mol. The number of hydrogen-bond donors (Lipinski definition) is 0. The van der Waals surface area contributed by atoms with Gasteiger partial charge in [0.15, 0.2) is 0 Å². The second-order valence-electron chi connectivity index (χ2n) is 5.97. The van der Waals surface area contributed by atoms with Crippen LogP contribution < -0.4 is 4.74 Å². The number of rotatable bonds is 8. The Morgan fingerprint density at radius 3 is 1.92 bits per heavy atom. The van der Waals surface area contributed by atoms with Gasteiger partial charge in [-0.25, -0.2) is 4.79 Å². The van der Waals surface area contributed by atoms with E-state index in [4.69, 9.17) is 21.1 Å². The summed E-state index contributed by atoms with van der Waals surface area (Å²) < 4.78 is 11.2. The van der Waals surface area contributed by atoms with E-state index in [0.717, 1.165) is 11.4 Å². The predicted octanol–water partition coefficient (Wildman–Crippen LogP) is 5.43. The van der Waals surface area contributed by atoms with Crippen molar-refractivity contribution in [3.63, 3.8) is 0 Å². The minimum Gasteiger partial charge on any atom is -0.476 e. The molecule has 0 atom stereocenters. The fraction of sp³-hybridized carbons (Fsp3) is 0.381. The Bertz CT molecular complexity index is 673. The molecule has 3 nitrogen and oxygen atoms in total. The smallest absolute Gasteiger partial charge is 0.350 e. The Morgan fingerprint density at radius 1 is 0.920 bits per heavy atom. The largest absolute Gasteiger partial charge is 0.476 e. The van der Waals surface area contributed by atoms with E-state index in [1.807, 2.05) is 62.4 Å². The van der Waals surface area contributed by atoms with Crippen molar-refractivity contribution < 1.29 is 14.3 Å². The van der Waals surface area contributed by atoms with Gasteiger partial charge in [-0.15, -0.1) is 0 Å². The molecule has 2 aromatic carbocycles. The molecule has 0 aliphatic heterocycles. The second-order valence-corrected chi connectivity index (χ2v) is 6.41. The van der Waals surface area contributed by atoms with Gasteiger partial charge < -0.3 is 9.47 Å². The average molecular weight is 361 g/mol. The molecular formula is C21H25ClO3. The zero-order chi connectivity index (χ0) is 18.3. The number of hydrogen-bond acceptors (Lipinski definition) is 3. The number of halogens is 1. The molecule has 0 N–H and O–H groups in total. The standard InChI is InChI=1S/C21H25ClO3/c1-4-21(5-2,20(23)24-6-3)25-19-13-9-17(10-14-19)15-16-7-11-18(22)12-8-16/h7-14H,4-6,15H2,1-3H3. The van der Waals surface area contributed by atoms with Gasteiger partial charge in [0, 0.05) is 5.02 Å². The van der Waals surface area contributed by atoms with Crippen molar-refractivity contribution in [2.24, 2.45) is 0 Å². The van der Waals surface area contributed by atoms with Crippen LogP contribution in [0.15, 0.2) is 48.5 Å². The third kappa shape index (κ3) is 4.99. The molecule has 0 unspecified atom stereocenters. The maximum atomic E-state index is 12.3. The molecule has 0 aromatic heterocycles. The number of benzene rings is 2. The molecule has 0 saturated carbocycles. The van der Waals surface area contributed by atoms with E-state index in [1.165, 1.54) is 11.1 Å². The molecule has 0 fully saturated rings. The van der Waals surface area contributed by atoms with Gasteiger partial charge in [-0.2, -0.15) is 0 Å². The highest BCUT2D eigenvalue weighted by atomic mass is 35.5. The summed E-state index contributed by atoms with van der Waals surface area (Å²) >= 11 is 5.92. The van der Waals surface area contributed by atoms with Crippen LogP contribution in [0, 0.1) is 0 Å². The van der Waals surface area contributed by atoms with Crippen LogP contribution >= 0.6 is 11.6 Å². The van der Waals surface area contributed by atoms with Crippen LogP contribution in [0.1, 0.15) is 44.7 Å². The third-order valence-electron chi connectivity index (χ3n) is 4.35. The molecule has 2 rings (SSSR count). The quantitative estimate of drug-likeness (QED) is 0.588. The second kappa shape index (κ2) is 8.91. The molecule has 2 aromatic rings. The number of carbonyl (C=O) groups is 1. The van der Waals surface area contributed by atoms with Gasteiger partial charge in [0.25, 0.3) is 0 Å². The molecule has 0 bridgehead atoms. The fourth-order valence-corrected chi connectivity index (χ4v) is 2.85. The van der Waals surface area contributed by atoms with Crippen LogP contribution in [0.5, 0.6) is 5.75 Å². The van der Waals surface area contributed by atoms with Crippen LogP contribution in [-0.4, -0.2) is 18.2 Å². The highest BCUT2D eigenvalue weighted by Gasteiger charge is 2.39. The molecule has 4 heteroatoms. The molecule has 0 aliphatic rings. The van der Waals surface area contributed by atoms with E-state index in [9.17, 15) is 4.79 Å². The summed E-state index contributed by atoms with van der Waals surface area (Å²) in [7, 11) is 0. The van der Waals surface area contributed by atoms with Crippen LogP contribution in [0.4, 0.5) is 0 Å². The SMILES string of the molecule is CCOC(=O)C(CC)(CC)Oc1ccc(Cc2ccc(Cl)cc2)cc1. The Kier molecular flexibility index (Phi) is 6.89. The monoisotopic (exact) mass is 360 g/mol. The van der Waals surface area contributed by atoms with Crippen LogP contribution in [0.3, 0.4) is 0 Å². The van der Waals surface area contributed by atoms with Gasteiger partial charge in [0.05, 0.1) is 6.61 Å². The number of ether oxygens (including phenoxy) is 2. The summed E-state index contributed by atoms with van der Waals surface area (Å²) in [5.74, 6) is 0.377. The lowest BCUT2D eigenvalue weighted by Gasteiger charge is -2.30. The van der Waals surface area contributed by atoms with Crippen molar-refractivity contribution in [3.05, 3.63) is 64.7 Å². The average Bonchev–Trinajstić information content (AvgIpc) is 2.63. The van der Waals surface area contributed by atoms with Crippen LogP contribution in [-0.2, 0) is 16.0 Å². The lowest BCUT2D eigenvalue weighted by atomic mass is 9.97. The first kappa shape index (κ1) is 19.3. The van der Waals surface area contributed by atoms with E-state index >= 15 is 0 Å². The maximum Gasteiger partial charge on any atom is 0.350 e. The van der Waals surface area contributed by atoms with E-state index in [0.29, 0.717) is 25.2 Å². The van der Waals surface area contributed by atoms with E-state index in [-0.39, 0.29) is 5.97 Å². The van der Waals surface area contributed by atoms with Crippen molar-refractivity contribution in [2.75, 3.05) is 6.61 Å². The lowest BCUT2D eigenvalue weighted by Crippen LogP contribution is -2.44. The zero-order valence-corrected chi connectivity index (χ0v) is 15.8. The molecule has 0 amide bonds. The molecule has 0 aliphatic carbocycles. The minimum atomic E-state index is -0.923. The van der Waals surface area contributed by atoms with Gasteiger partial charge in [0.2, 0.25) is 5.60 Å². The molecule has 0 radical (unpaired) electrons. The van der Waals surface area contributed by atoms with E-state index in [1.54, 1.807) is 6.92 Å². The molecule has 0 spiro atoms. The lowest BCUT2D eigenvalue weighted by molar-refractivity contribution is -0.162. The first-order valence-electron chi connectivity index (χ1n) is 8.72. The van der Waals surface area contributed by atoms with Gasteiger partial charge in [-0.1, -0.05) is 49.7 Å². The van der Waals surface area contributed by atoms with Gasteiger partial charge in [0.1, 0.15) is 5.75 Å². The van der Waals surface area contributed by atoms with E-state index in [2.05, 4.69) is 0 Å². The summed E-state index contributed by atoms with van der Waals surface area (Å²) in [4.78, 5) is 12.3. The summed E-state index contributed by atoms with van der Waals surface area (Å²) in [6.45, 7) is 6.04. The summed E-state index contributed by atoms with van der Waals surface area (Å²) in [6.07, 6.45) is 1.95. The van der Waals surface area contributed by atoms with Crippen molar-refractivity contribution in [3.8, 4) is 5.75 Å². The molecular weight excluding hydrogens is 336 g/mol. The van der Waals surface area contributed by atoms with Gasteiger partial charge >= 0.3 is 5.97 Å². The van der Waals surface area contributed by atoms with Crippen molar-refractivity contribution >= 4 is 17.6 Å². The van der Waals surface area contributed by atoms with E-state index < -0.39 is 5.60 Å². The molecule has 0 saturated heterocycles. The molecule has 0 heterocycles. The van der Waals surface area contributed by atoms with Gasteiger partial charge in [-0.05, 0) is 61.6 Å². The summed E-state index contributed by atoms with van der Waals surface area (Å²) in [5.41, 5.74) is 1.44. The topological polar surface area (TPSA) is 35.5 Å². The summed E-state index contributed by atoms with van der Waals surface area (Å²) in [5, 5.41) is 0.738. The Morgan fingerprint density at radius 2 is 1.44 bits per heavy atom. The molecule has 134 valence electrons. The zero-order valence-electron chi connectivity index (χ0n) is 15.0. The third-order valence-corrected chi connectivity index (χ3v) is 4.60.